The fourth-order valence-corrected chi connectivity index (χ4v) is 2.00. The van der Waals surface area contributed by atoms with Gasteiger partial charge in [-0.1, -0.05) is 31.9 Å². The van der Waals surface area contributed by atoms with Gasteiger partial charge in [0, 0.05) is 0 Å². The molecule has 0 saturated heterocycles. The van der Waals surface area contributed by atoms with Gasteiger partial charge in [-0.25, -0.2) is 0 Å². The van der Waals surface area contributed by atoms with Crippen molar-refractivity contribution in [1.29, 1.82) is 0 Å². The van der Waals surface area contributed by atoms with Gasteiger partial charge in [-0.15, -0.1) is 0 Å². The van der Waals surface area contributed by atoms with E-state index in [-0.39, 0.29) is 18.5 Å². The van der Waals surface area contributed by atoms with Gasteiger partial charge >= 0.3 is 0 Å². The summed E-state index contributed by atoms with van der Waals surface area (Å²) in [5.41, 5.74) is 12.3. The zero-order valence-electron chi connectivity index (χ0n) is 12.2. The summed E-state index contributed by atoms with van der Waals surface area (Å²) in [5.74, 6) is 1.40. The Morgan fingerprint density at radius 3 is 2.24 bits per heavy atom. The van der Waals surface area contributed by atoms with Crippen LogP contribution in [0.1, 0.15) is 37.6 Å². The highest BCUT2D eigenvalue weighted by atomic mass is 16.5. The maximum atomic E-state index is 5.62. The standard InChI is InChI=1S/C15H21N5O/c1-2-3-4-5-11-6-8-12(9-7-11)21-10-13-18-14(16)20-15(17)19-13/h6-9H,2-5,10H2,1H3,(H4,16,17,18,19,20). The molecule has 0 unspecified atom stereocenters. The van der Waals surface area contributed by atoms with Crippen molar-refractivity contribution in [2.24, 2.45) is 0 Å². The van der Waals surface area contributed by atoms with Gasteiger partial charge in [0.1, 0.15) is 12.4 Å². The van der Waals surface area contributed by atoms with Crippen molar-refractivity contribution in [2.45, 2.75) is 39.2 Å². The molecule has 0 amide bonds. The molecule has 2 aromatic rings. The van der Waals surface area contributed by atoms with Crippen LogP contribution in [-0.4, -0.2) is 15.0 Å². The first-order valence-corrected chi connectivity index (χ1v) is 7.15. The predicted octanol–water partition coefficient (Wildman–Crippen LogP) is 2.35. The first-order valence-electron chi connectivity index (χ1n) is 7.15. The molecule has 0 fully saturated rings. The van der Waals surface area contributed by atoms with Gasteiger partial charge < -0.3 is 16.2 Å². The number of benzene rings is 1. The van der Waals surface area contributed by atoms with E-state index in [1.165, 1.54) is 24.8 Å². The Labute approximate surface area is 124 Å². The minimum absolute atomic E-state index is 0.104. The summed E-state index contributed by atoms with van der Waals surface area (Å²) < 4.78 is 5.62. The number of unbranched alkanes of at least 4 members (excludes halogenated alkanes) is 2. The van der Waals surface area contributed by atoms with Gasteiger partial charge in [0.15, 0.2) is 5.82 Å². The molecule has 0 bridgehead atoms. The molecule has 1 aromatic carbocycles. The molecular weight excluding hydrogens is 266 g/mol. The second-order valence-corrected chi connectivity index (χ2v) is 4.86. The van der Waals surface area contributed by atoms with Gasteiger partial charge in [-0.05, 0) is 30.5 Å². The molecule has 4 N–H and O–H groups in total. The third kappa shape index (κ3) is 4.91. The van der Waals surface area contributed by atoms with Crippen molar-refractivity contribution in [3.63, 3.8) is 0 Å². The lowest BCUT2D eigenvalue weighted by molar-refractivity contribution is 0.296. The third-order valence-electron chi connectivity index (χ3n) is 3.08. The minimum Gasteiger partial charge on any atom is -0.486 e. The summed E-state index contributed by atoms with van der Waals surface area (Å²) in [4.78, 5) is 11.6. The highest BCUT2D eigenvalue weighted by molar-refractivity contribution is 5.28. The Kier molecular flexibility index (Phi) is 5.31. The van der Waals surface area contributed by atoms with Crippen molar-refractivity contribution >= 4 is 11.9 Å². The van der Waals surface area contributed by atoms with Crippen molar-refractivity contribution in [3.8, 4) is 5.75 Å². The van der Waals surface area contributed by atoms with Gasteiger partial charge in [-0.3, -0.25) is 0 Å². The van der Waals surface area contributed by atoms with Gasteiger partial charge in [0.05, 0.1) is 0 Å². The summed E-state index contributed by atoms with van der Waals surface area (Å²) in [7, 11) is 0. The molecule has 0 aliphatic rings. The first kappa shape index (κ1) is 15.0. The fourth-order valence-electron chi connectivity index (χ4n) is 2.00. The van der Waals surface area contributed by atoms with E-state index < -0.39 is 0 Å². The van der Waals surface area contributed by atoms with Gasteiger partial charge in [0.2, 0.25) is 11.9 Å². The average Bonchev–Trinajstić information content (AvgIpc) is 2.46. The van der Waals surface area contributed by atoms with Crippen LogP contribution in [0.15, 0.2) is 24.3 Å². The number of nitrogens with zero attached hydrogens (tertiary/aromatic N) is 3. The van der Waals surface area contributed by atoms with Crippen molar-refractivity contribution in [3.05, 3.63) is 35.7 Å². The van der Waals surface area contributed by atoms with Crippen molar-refractivity contribution in [1.82, 2.24) is 15.0 Å². The number of nitrogen functional groups attached to an aromatic ring is 2. The molecule has 2 rings (SSSR count). The SMILES string of the molecule is CCCCCc1ccc(OCc2nc(N)nc(N)n2)cc1. The Balaban J connectivity index is 1.88. The monoisotopic (exact) mass is 287 g/mol. The Hall–Kier alpha value is -2.37. The van der Waals surface area contributed by atoms with Crippen LogP contribution in [0.5, 0.6) is 5.75 Å². The molecule has 21 heavy (non-hydrogen) atoms. The number of nitrogens with two attached hydrogens (primary N) is 2. The second kappa shape index (κ2) is 7.42. The van der Waals surface area contributed by atoms with Crippen LogP contribution >= 0.6 is 0 Å². The third-order valence-corrected chi connectivity index (χ3v) is 3.08. The summed E-state index contributed by atoms with van der Waals surface area (Å²) in [6.07, 6.45) is 4.83. The molecule has 0 spiro atoms. The van der Waals surface area contributed by atoms with Crippen molar-refractivity contribution < 1.29 is 4.74 Å². The molecule has 0 aliphatic heterocycles. The number of hydrogen-bond donors (Lipinski definition) is 2. The normalized spacial score (nSPS) is 10.5. The Morgan fingerprint density at radius 2 is 1.62 bits per heavy atom. The van der Waals surface area contributed by atoms with Gasteiger partial charge in [0.25, 0.3) is 0 Å². The number of anilines is 2. The lowest BCUT2D eigenvalue weighted by Crippen LogP contribution is -2.09. The number of rotatable bonds is 7. The van der Waals surface area contributed by atoms with Crippen LogP contribution < -0.4 is 16.2 Å². The summed E-state index contributed by atoms with van der Waals surface area (Å²) in [6, 6.07) is 8.08. The first-order chi connectivity index (χ1) is 10.2. The molecule has 112 valence electrons. The smallest absolute Gasteiger partial charge is 0.225 e. The highest BCUT2D eigenvalue weighted by Crippen LogP contribution is 2.15. The molecule has 0 saturated carbocycles. The van der Waals surface area contributed by atoms with E-state index in [1.807, 2.05) is 12.1 Å². The molecule has 1 aromatic heterocycles. The molecular formula is C15H21N5O. The lowest BCUT2D eigenvalue weighted by Gasteiger charge is -2.07. The number of aromatic nitrogens is 3. The van der Waals surface area contributed by atoms with E-state index in [1.54, 1.807) is 0 Å². The lowest BCUT2D eigenvalue weighted by atomic mass is 10.1. The van der Waals surface area contributed by atoms with E-state index in [4.69, 9.17) is 16.2 Å². The average molecular weight is 287 g/mol. The summed E-state index contributed by atoms with van der Waals surface area (Å²) in [6.45, 7) is 2.42. The maximum Gasteiger partial charge on any atom is 0.225 e. The number of hydrogen-bond acceptors (Lipinski definition) is 6. The molecule has 0 aliphatic carbocycles. The molecule has 0 atom stereocenters. The second-order valence-electron chi connectivity index (χ2n) is 4.86. The van der Waals surface area contributed by atoms with Crippen LogP contribution in [0.2, 0.25) is 0 Å². The topological polar surface area (TPSA) is 99.9 Å². The van der Waals surface area contributed by atoms with E-state index >= 15 is 0 Å². The number of ether oxygens (including phenoxy) is 1. The molecule has 1 heterocycles. The molecule has 6 nitrogen and oxygen atoms in total. The Bertz CT molecular complexity index is 551. The van der Waals surface area contributed by atoms with Crippen LogP contribution in [0.3, 0.4) is 0 Å². The van der Waals surface area contributed by atoms with E-state index in [0.717, 1.165) is 12.2 Å². The highest BCUT2D eigenvalue weighted by Gasteiger charge is 2.03. The van der Waals surface area contributed by atoms with Crippen LogP contribution in [0, 0.1) is 0 Å². The van der Waals surface area contributed by atoms with Gasteiger partial charge in [-0.2, -0.15) is 15.0 Å². The minimum atomic E-state index is 0.104. The van der Waals surface area contributed by atoms with Crippen LogP contribution in [0.25, 0.3) is 0 Å². The summed E-state index contributed by atoms with van der Waals surface area (Å²) >= 11 is 0. The van der Waals surface area contributed by atoms with Crippen LogP contribution in [0.4, 0.5) is 11.9 Å². The number of aryl methyl sites for hydroxylation is 1. The van der Waals surface area contributed by atoms with Crippen molar-refractivity contribution in [2.75, 3.05) is 11.5 Å². The van der Waals surface area contributed by atoms with E-state index in [2.05, 4.69) is 34.0 Å². The quantitative estimate of drug-likeness (QED) is 0.758. The zero-order valence-corrected chi connectivity index (χ0v) is 12.2. The largest absolute Gasteiger partial charge is 0.486 e. The van der Waals surface area contributed by atoms with E-state index in [9.17, 15) is 0 Å². The summed E-state index contributed by atoms with van der Waals surface area (Å²) in [5, 5.41) is 0. The predicted molar refractivity (Wildman–Crippen MR) is 82.7 cm³/mol. The zero-order chi connectivity index (χ0) is 15.1. The molecule has 0 radical (unpaired) electrons. The molecule has 6 heteroatoms. The van der Waals surface area contributed by atoms with Crippen LogP contribution in [-0.2, 0) is 13.0 Å². The Morgan fingerprint density at radius 1 is 0.952 bits per heavy atom. The fraction of sp³-hybridized carbons (Fsp3) is 0.400. The van der Waals surface area contributed by atoms with E-state index in [0.29, 0.717) is 5.82 Å². The maximum absolute atomic E-state index is 5.62.